The van der Waals surface area contributed by atoms with Gasteiger partial charge in [0.05, 0.1) is 49.2 Å². The molecule has 3 heterocycles. The second-order valence-corrected chi connectivity index (χ2v) is 6.55. The van der Waals surface area contributed by atoms with Crippen molar-refractivity contribution in [2.24, 2.45) is 0 Å². The van der Waals surface area contributed by atoms with E-state index in [4.69, 9.17) is 15.2 Å². The number of aromatic amines is 1. The number of H-pyrrole nitrogens is 1. The van der Waals surface area contributed by atoms with Crippen LogP contribution in [0.15, 0.2) is 24.4 Å². The number of rotatable bonds is 4. The molecular formula is C19H20N6O3. The first kappa shape index (κ1) is 18.0. The number of nitriles is 1. The maximum absolute atomic E-state index is 12.2. The smallest absolute Gasteiger partial charge is 0.357 e. The molecule has 0 atom stereocenters. The summed E-state index contributed by atoms with van der Waals surface area (Å²) in [6.07, 6.45) is 1.54. The molecule has 0 aliphatic carbocycles. The Morgan fingerprint density at radius 1 is 1.43 bits per heavy atom. The van der Waals surface area contributed by atoms with Gasteiger partial charge >= 0.3 is 5.97 Å². The highest BCUT2D eigenvalue weighted by atomic mass is 16.5. The van der Waals surface area contributed by atoms with Crippen LogP contribution in [-0.4, -0.2) is 58.8 Å². The summed E-state index contributed by atoms with van der Waals surface area (Å²) in [6.45, 7) is 3.94. The number of morpholine rings is 1. The van der Waals surface area contributed by atoms with Crippen LogP contribution in [0.5, 0.6) is 0 Å². The van der Waals surface area contributed by atoms with Crippen molar-refractivity contribution in [1.82, 2.24) is 19.4 Å². The van der Waals surface area contributed by atoms with Gasteiger partial charge in [-0.3, -0.25) is 4.90 Å². The van der Waals surface area contributed by atoms with Gasteiger partial charge in [-0.1, -0.05) is 0 Å². The highest BCUT2D eigenvalue weighted by Crippen LogP contribution is 2.26. The van der Waals surface area contributed by atoms with E-state index in [1.54, 1.807) is 4.57 Å². The lowest BCUT2D eigenvalue weighted by molar-refractivity contribution is 0.0332. The summed E-state index contributed by atoms with van der Waals surface area (Å²) in [5.74, 6) is 0.267. The fraction of sp³-hybridized carbons (Fsp3) is 0.316. The van der Waals surface area contributed by atoms with Crippen LogP contribution in [0, 0.1) is 11.3 Å². The summed E-state index contributed by atoms with van der Waals surface area (Å²) >= 11 is 0. The van der Waals surface area contributed by atoms with E-state index >= 15 is 0 Å². The Labute approximate surface area is 161 Å². The van der Waals surface area contributed by atoms with Crippen LogP contribution in [0.4, 0.5) is 5.69 Å². The van der Waals surface area contributed by atoms with Crippen LogP contribution in [0.1, 0.15) is 21.9 Å². The average Bonchev–Trinajstić information content (AvgIpc) is 3.27. The maximum atomic E-state index is 12.2. The van der Waals surface area contributed by atoms with E-state index < -0.39 is 5.97 Å². The number of esters is 1. The number of hydrogen-bond acceptors (Lipinski definition) is 7. The molecule has 0 unspecified atom stereocenters. The minimum atomic E-state index is -0.600. The van der Waals surface area contributed by atoms with Gasteiger partial charge in [0.15, 0.2) is 5.69 Å². The molecule has 1 aliphatic rings. The molecule has 1 aromatic carbocycles. The van der Waals surface area contributed by atoms with Crippen molar-refractivity contribution in [3.63, 3.8) is 0 Å². The van der Waals surface area contributed by atoms with Crippen molar-refractivity contribution in [2.45, 2.75) is 6.54 Å². The van der Waals surface area contributed by atoms with Gasteiger partial charge in [-0.15, -0.1) is 0 Å². The summed E-state index contributed by atoms with van der Waals surface area (Å²) < 4.78 is 11.8. The molecule has 0 spiro atoms. The fourth-order valence-electron chi connectivity index (χ4n) is 3.36. The number of imidazole rings is 1. The third kappa shape index (κ3) is 3.19. The zero-order valence-electron chi connectivity index (χ0n) is 15.4. The number of nitrogens with zero attached hydrogens (tertiary/aromatic N) is 4. The van der Waals surface area contributed by atoms with Crippen LogP contribution in [0.25, 0.3) is 16.7 Å². The van der Waals surface area contributed by atoms with Crippen molar-refractivity contribution in [3.05, 3.63) is 41.5 Å². The molecule has 3 N–H and O–H groups in total. The number of carbonyl (C=O) groups excluding carboxylic acids is 1. The maximum Gasteiger partial charge on any atom is 0.357 e. The Bertz CT molecular complexity index is 1070. The first-order valence-corrected chi connectivity index (χ1v) is 8.89. The highest BCUT2D eigenvalue weighted by Gasteiger charge is 2.22. The minimum Gasteiger partial charge on any atom is -0.464 e. The lowest BCUT2D eigenvalue weighted by atomic mass is 10.2. The van der Waals surface area contributed by atoms with Crippen molar-refractivity contribution in [1.29, 1.82) is 5.26 Å². The number of fused-ring (bicyclic) bond motifs is 1. The van der Waals surface area contributed by atoms with Gasteiger partial charge < -0.3 is 24.8 Å². The zero-order chi connectivity index (χ0) is 19.7. The number of carbonyl (C=O) groups is 1. The van der Waals surface area contributed by atoms with Gasteiger partial charge in [0.25, 0.3) is 0 Å². The van der Waals surface area contributed by atoms with Crippen LogP contribution in [-0.2, 0) is 16.0 Å². The number of nitrogens with two attached hydrogens (primary N) is 1. The second kappa shape index (κ2) is 7.34. The first-order chi connectivity index (χ1) is 13.6. The predicted molar refractivity (Wildman–Crippen MR) is 102 cm³/mol. The Hall–Kier alpha value is -3.35. The fourth-order valence-corrected chi connectivity index (χ4v) is 3.36. The monoisotopic (exact) mass is 380 g/mol. The second-order valence-electron chi connectivity index (χ2n) is 6.55. The van der Waals surface area contributed by atoms with Gasteiger partial charge in [-0.05, 0) is 18.2 Å². The summed E-state index contributed by atoms with van der Waals surface area (Å²) in [4.78, 5) is 22.4. The number of aromatic nitrogens is 3. The molecule has 144 valence electrons. The quantitative estimate of drug-likeness (QED) is 0.656. The molecule has 1 fully saturated rings. The molecule has 0 amide bonds. The van der Waals surface area contributed by atoms with E-state index in [0.29, 0.717) is 5.69 Å². The molecule has 9 heteroatoms. The largest absolute Gasteiger partial charge is 0.464 e. The number of hydrogen-bond donors (Lipinski definition) is 2. The molecule has 2 aromatic heterocycles. The van der Waals surface area contributed by atoms with Crippen LogP contribution in [0.3, 0.4) is 0 Å². The molecule has 0 saturated carbocycles. The van der Waals surface area contributed by atoms with Gasteiger partial charge in [0, 0.05) is 25.0 Å². The molecule has 1 aliphatic heterocycles. The van der Waals surface area contributed by atoms with E-state index in [1.807, 2.05) is 24.3 Å². The van der Waals surface area contributed by atoms with Gasteiger partial charge in [0.1, 0.15) is 11.9 Å². The number of benzene rings is 1. The van der Waals surface area contributed by atoms with E-state index in [9.17, 15) is 10.1 Å². The third-order valence-electron chi connectivity index (χ3n) is 4.81. The Balaban J connectivity index is 1.70. The van der Waals surface area contributed by atoms with Gasteiger partial charge in [0.2, 0.25) is 0 Å². The van der Waals surface area contributed by atoms with Gasteiger partial charge in [-0.25, -0.2) is 9.78 Å². The number of nitrogen functional groups attached to an aromatic ring is 1. The Morgan fingerprint density at radius 3 is 2.93 bits per heavy atom. The molecule has 4 rings (SSSR count). The van der Waals surface area contributed by atoms with Gasteiger partial charge in [-0.2, -0.15) is 5.26 Å². The number of ether oxygens (including phenoxy) is 2. The van der Waals surface area contributed by atoms with Crippen molar-refractivity contribution in [2.75, 3.05) is 39.1 Å². The van der Waals surface area contributed by atoms with Crippen LogP contribution < -0.4 is 5.73 Å². The normalized spacial score (nSPS) is 14.9. The van der Waals surface area contributed by atoms with Crippen molar-refractivity contribution in [3.8, 4) is 11.8 Å². The topological polar surface area (TPSA) is 122 Å². The molecule has 3 aromatic rings. The summed E-state index contributed by atoms with van der Waals surface area (Å²) in [5.41, 5.74) is 8.77. The highest BCUT2D eigenvalue weighted by molar-refractivity contribution is 5.96. The summed E-state index contributed by atoms with van der Waals surface area (Å²) in [6, 6.07) is 7.57. The molecule has 0 bridgehead atoms. The summed E-state index contributed by atoms with van der Waals surface area (Å²) in [5, 5.41) is 9.26. The van der Waals surface area contributed by atoms with E-state index in [2.05, 4.69) is 14.9 Å². The van der Waals surface area contributed by atoms with Crippen molar-refractivity contribution >= 4 is 22.7 Å². The standard InChI is InChI=1S/C19H20N6O3/c1-27-19(26)18-17(21)12(9-20)10-25(18)13-2-3-14-15(8-13)23-16(22-14)11-24-4-6-28-7-5-24/h2-3,8,10H,4-7,11,21H2,1H3,(H,22,23). The summed E-state index contributed by atoms with van der Waals surface area (Å²) in [7, 11) is 1.28. The van der Waals surface area contributed by atoms with E-state index in [1.165, 1.54) is 13.3 Å². The Kier molecular flexibility index (Phi) is 4.73. The van der Waals surface area contributed by atoms with Crippen LogP contribution >= 0.6 is 0 Å². The average molecular weight is 380 g/mol. The zero-order valence-corrected chi connectivity index (χ0v) is 15.4. The lowest BCUT2D eigenvalue weighted by Gasteiger charge is -2.25. The van der Waals surface area contributed by atoms with Crippen molar-refractivity contribution < 1.29 is 14.3 Å². The van der Waals surface area contributed by atoms with E-state index in [-0.39, 0.29) is 16.9 Å². The third-order valence-corrected chi connectivity index (χ3v) is 4.81. The number of anilines is 1. The van der Waals surface area contributed by atoms with E-state index in [0.717, 1.165) is 49.7 Å². The predicted octanol–water partition coefficient (Wildman–Crippen LogP) is 1.43. The first-order valence-electron chi connectivity index (χ1n) is 8.89. The van der Waals surface area contributed by atoms with Crippen LogP contribution in [0.2, 0.25) is 0 Å². The molecule has 0 radical (unpaired) electrons. The number of nitrogens with one attached hydrogen (secondary N) is 1. The molecule has 28 heavy (non-hydrogen) atoms. The molecule has 1 saturated heterocycles. The minimum absolute atomic E-state index is 0.104. The SMILES string of the molecule is COC(=O)c1c(N)c(C#N)cn1-c1ccc2nc(CN3CCOCC3)[nH]c2c1. The lowest BCUT2D eigenvalue weighted by Crippen LogP contribution is -2.35. The molecule has 9 nitrogen and oxygen atoms in total. The molecular weight excluding hydrogens is 360 g/mol. The number of methoxy groups -OCH3 is 1. The Morgan fingerprint density at radius 2 is 2.21 bits per heavy atom.